The number of hydrogen-bond acceptors (Lipinski definition) is 2. The Balaban J connectivity index is 2.06. The van der Waals surface area contributed by atoms with Gasteiger partial charge < -0.3 is 10.1 Å². The number of carbonyl (C=O) groups is 1. The molecule has 0 aromatic heterocycles. The maximum atomic E-state index is 12.2. The summed E-state index contributed by atoms with van der Waals surface area (Å²) in [6.45, 7) is 2.42. The number of ether oxygens (including phenoxy) is 1. The minimum Gasteiger partial charge on any atom is -0.375 e. The first-order chi connectivity index (χ1) is 10.1. The smallest absolute Gasteiger partial charge is 0.252 e. The van der Waals surface area contributed by atoms with Crippen molar-refractivity contribution in [3.05, 3.63) is 70.2 Å². The van der Waals surface area contributed by atoms with Crippen molar-refractivity contribution in [2.24, 2.45) is 0 Å². The number of amides is 1. The van der Waals surface area contributed by atoms with E-state index in [0.29, 0.717) is 17.1 Å². The van der Waals surface area contributed by atoms with E-state index in [1.54, 1.807) is 31.4 Å². The highest BCUT2D eigenvalue weighted by Crippen LogP contribution is 2.20. The van der Waals surface area contributed by atoms with Gasteiger partial charge in [0.25, 0.3) is 5.91 Å². The summed E-state index contributed by atoms with van der Waals surface area (Å²) in [7, 11) is 1.64. The fraction of sp³-hybridized carbons (Fsp3) is 0.235. The van der Waals surface area contributed by atoms with Crippen LogP contribution in [0.4, 0.5) is 0 Å². The lowest BCUT2D eigenvalue weighted by molar-refractivity contribution is 0.0826. The van der Waals surface area contributed by atoms with E-state index in [9.17, 15) is 4.79 Å². The fourth-order valence-corrected chi connectivity index (χ4v) is 2.42. The average molecular weight is 304 g/mol. The monoisotopic (exact) mass is 303 g/mol. The Morgan fingerprint density at radius 1 is 1.19 bits per heavy atom. The molecule has 21 heavy (non-hydrogen) atoms. The Labute approximate surface area is 129 Å². The van der Waals surface area contributed by atoms with E-state index in [0.717, 1.165) is 11.1 Å². The Morgan fingerprint density at radius 3 is 2.52 bits per heavy atom. The molecule has 1 unspecified atom stereocenters. The lowest BCUT2D eigenvalue weighted by Crippen LogP contribution is -2.29. The van der Waals surface area contributed by atoms with Crippen molar-refractivity contribution in [1.82, 2.24) is 5.32 Å². The maximum Gasteiger partial charge on any atom is 0.252 e. The van der Waals surface area contributed by atoms with E-state index >= 15 is 0 Å². The molecule has 1 atom stereocenters. The molecule has 0 spiro atoms. The summed E-state index contributed by atoms with van der Waals surface area (Å²) in [5.41, 5.74) is 2.68. The first-order valence-electron chi connectivity index (χ1n) is 6.74. The zero-order valence-electron chi connectivity index (χ0n) is 12.1. The van der Waals surface area contributed by atoms with Gasteiger partial charge in [0.05, 0.1) is 16.7 Å². The molecule has 3 nitrogen and oxygen atoms in total. The molecule has 0 bridgehead atoms. The maximum absolute atomic E-state index is 12.2. The van der Waals surface area contributed by atoms with Crippen molar-refractivity contribution in [3.63, 3.8) is 0 Å². The van der Waals surface area contributed by atoms with Gasteiger partial charge in [-0.15, -0.1) is 0 Å². The Kier molecular flexibility index (Phi) is 5.37. The van der Waals surface area contributed by atoms with Crippen molar-refractivity contribution in [1.29, 1.82) is 0 Å². The first kappa shape index (κ1) is 15.5. The molecule has 0 saturated heterocycles. The van der Waals surface area contributed by atoms with Crippen molar-refractivity contribution in [2.75, 3.05) is 13.7 Å². The van der Waals surface area contributed by atoms with Gasteiger partial charge in [-0.1, -0.05) is 48.0 Å². The molecule has 4 heteroatoms. The molecule has 0 aliphatic carbocycles. The zero-order valence-corrected chi connectivity index (χ0v) is 12.9. The molecule has 110 valence electrons. The van der Waals surface area contributed by atoms with Crippen molar-refractivity contribution >= 4 is 17.5 Å². The molecule has 0 aliphatic rings. The molecule has 1 amide bonds. The number of rotatable bonds is 5. The second-order valence-electron chi connectivity index (χ2n) is 4.77. The molecule has 2 aromatic carbocycles. The van der Waals surface area contributed by atoms with Crippen LogP contribution in [-0.2, 0) is 4.74 Å². The predicted octanol–water partition coefficient (Wildman–Crippen LogP) is 3.77. The summed E-state index contributed by atoms with van der Waals surface area (Å²) < 4.78 is 5.49. The quantitative estimate of drug-likeness (QED) is 0.913. The Morgan fingerprint density at radius 2 is 1.86 bits per heavy atom. The minimum absolute atomic E-state index is 0.183. The third-order valence-corrected chi connectivity index (χ3v) is 3.72. The lowest BCUT2D eigenvalue weighted by atomic mass is 10.0. The van der Waals surface area contributed by atoms with Crippen LogP contribution in [0.1, 0.15) is 27.6 Å². The van der Waals surface area contributed by atoms with Crippen LogP contribution < -0.4 is 5.32 Å². The van der Waals surface area contributed by atoms with Gasteiger partial charge in [0.15, 0.2) is 0 Å². The van der Waals surface area contributed by atoms with E-state index in [2.05, 4.69) is 5.32 Å². The summed E-state index contributed by atoms with van der Waals surface area (Å²) in [5, 5.41) is 3.31. The highest BCUT2D eigenvalue weighted by Gasteiger charge is 2.15. The van der Waals surface area contributed by atoms with Gasteiger partial charge in [-0.3, -0.25) is 4.79 Å². The van der Waals surface area contributed by atoms with Crippen molar-refractivity contribution in [2.45, 2.75) is 13.0 Å². The third kappa shape index (κ3) is 3.84. The first-order valence-corrected chi connectivity index (χ1v) is 7.12. The molecule has 0 radical (unpaired) electrons. The number of hydrogen-bond donors (Lipinski definition) is 1. The molecule has 0 saturated carbocycles. The van der Waals surface area contributed by atoms with Crippen LogP contribution >= 0.6 is 11.6 Å². The highest BCUT2D eigenvalue weighted by molar-refractivity contribution is 6.33. The number of carbonyl (C=O) groups excluding carboxylic acids is 1. The molecule has 0 fully saturated rings. The van der Waals surface area contributed by atoms with Gasteiger partial charge in [-0.05, 0) is 30.2 Å². The predicted molar refractivity (Wildman–Crippen MR) is 84.7 cm³/mol. The normalized spacial score (nSPS) is 12.0. The molecule has 1 N–H and O–H groups in total. The Hall–Kier alpha value is -1.84. The van der Waals surface area contributed by atoms with Crippen LogP contribution in [0.25, 0.3) is 0 Å². The topological polar surface area (TPSA) is 38.3 Å². The van der Waals surface area contributed by atoms with E-state index in [1.165, 1.54) is 0 Å². The van der Waals surface area contributed by atoms with Gasteiger partial charge in [-0.2, -0.15) is 0 Å². The van der Waals surface area contributed by atoms with Crippen LogP contribution in [0.15, 0.2) is 48.5 Å². The van der Waals surface area contributed by atoms with E-state index in [1.807, 2.05) is 31.2 Å². The van der Waals surface area contributed by atoms with E-state index < -0.39 is 0 Å². The van der Waals surface area contributed by atoms with Crippen LogP contribution in [0, 0.1) is 6.92 Å². The molecule has 0 aliphatic heterocycles. The van der Waals surface area contributed by atoms with Crippen molar-refractivity contribution < 1.29 is 9.53 Å². The molecular weight excluding hydrogens is 286 g/mol. The van der Waals surface area contributed by atoms with Gasteiger partial charge in [0.1, 0.15) is 0 Å². The summed E-state index contributed by atoms with van der Waals surface area (Å²) in [6, 6.07) is 15.0. The molecular formula is C17H18ClNO2. The van der Waals surface area contributed by atoms with Gasteiger partial charge in [-0.25, -0.2) is 0 Å². The zero-order chi connectivity index (χ0) is 15.2. The number of nitrogens with one attached hydrogen (secondary N) is 1. The van der Waals surface area contributed by atoms with E-state index in [-0.39, 0.29) is 12.0 Å². The average Bonchev–Trinajstić information content (AvgIpc) is 2.49. The van der Waals surface area contributed by atoms with Gasteiger partial charge in [0, 0.05) is 13.7 Å². The van der Waals surface area contributed by atoms with Crippen LogP contribution in [-0.4, -0.2) is 19.6 Å². The number of methoxy groups -OCH3 is 1. The highest BCUT2D eigenvalue weighted by atomic mass is 35.5. The van der Waals surface area contributed by atoms with Crippen LogP contribution in [0.3, 0.4) is 0 Å². The molecule has 2 aromatic rings. The summed E-state index contributed by atoms with van der Waals surface area (Å²) in [5.74, 6) is -0.198. The number of aryl methyl sites for hydroxylation is 1. The summed E-state index contributed by atoms with van der Waals surface area (Å²) in [4.78, 5) is 12.2. The molecule has 2 rings (SSSR count). The van der Waals surface area contributed by atoms with E-state index in [4.69, 9.17) is 16.3 Å². The van der Waals surface area contributed by atoms with Crippen LogP contribution in [0.2, 0.25) is 5.02 Å². The van der Waals surface area contributed by atoms with Crippen LogP contribution in [0.5, 0.6) is 0 Å². The van der Waals surface area contributed by atoms with Gasteiger partial charge in [0.2, 0.25) is 0 Å². The third-order valence-electron chi connectivity index (χ3n) is 3.39. The fourth-order valence-electron chi connectivity index (χ4n) is 2.19. The number of halogens is 1. The lowest BCUT2D eigenvalue weighted by Gasteiger charge is -2.18. The second kappa shape index (κ2) is 7.25. The number of benzene rings is 2. The SMILES string of the molecule is COC(CNC(=O)c1ccccc1Cl)c1ccccc1C. The largest absolute Gasteiger partial charge is 0.375 e. The minimum atomic E-state index is -0.198. The van der Waals surface area contributed by atoms with Crippen molar-refractivity contribution in [3.8, 4) is 0 Å². The summed E-state index contributed by atoms with van der Waals surface area (Å²) in [6.07, 6.45) is -0.183. The second-order valence-corrected chi connectivity index (χ2v) is 5.18. The standard InChI is InChI=1S/C17H18ClNO2/c1-12-7-3-4-8-13(12)16(21-2)11-19-17(20)14-9-5-6-10-15(14)18/h3-10,16H,11H2,1-2H3,(H,19,20). The molecule has 0 heterocycles. The summed E-state index contributed by atoms with van der Waals surface area (Å²) >= 11 is 6.02. The van der Waals surface area contributed by atoms with Gasteiger partial charge >= 0.3 is 0 Å². The Bertz CT molecular complexity index is 628.